The van der Waals surface area contributed by atoms with E-state index in [4.69, 9.17) is 8.83 Å². The van der Waals surface area contributed by atoms with E-state index in [0.717, 1.165) is 11.5 Å². The monoisotopic (exact) mass is 797 g/mol. The van der Waals surface area contributed by atoms with E-state index in [9.17, 15) is 0 Å². The van der Waals surface area contributed by atoms with E-state index in [1.807, 2.05) is 63.6 Å². The second-order valence-electron chi connectivity index (χ2n) is 13.8. The first-order valence-corrected chi connectivity index (χ1v) is 20.8. The number of pyridine rings is 2. The van der Waals surface area contributed by atoms with Crippen LogP contribution in [0.3, 0.4) is 0 Å². The number of para-hydroxylation sites is 1. The fourth-order valence-electron chi connectivity index (χ4n) is 5.31. The summed E-state index contributed by atoms with van der Waals surface area (Å²) in [5.41, 5.74) is 14.2. The Morgan fingerprint density at radius 1 is 0.579 bits per heavy atom. The quantitative estimate of drug-likeness (QED) is 0.153. The molecule has 0 N–H and O–H groups in total. The molecule has 2 aromatic carbocycles. The Labute approximate surface area is 348 Å². The summed E-state index contributed by atoms with van der Waals surface area (Å²) in [6.45, 7) is 22.8. The number of nitrogens with zero attached hydrogens (tertiary/aromatic N) is 3. The van der Waals surface area contributed by atoms with Crippen LogP contribution in [-0.4, -0.2) is 14.5 Å². The lowest BCUT2D eigenvalue weighted by Crippen LogP contribution is -1.87. The second-order valence-corrected chi connectivity index (χ2v) is 15.8. The lowest BCUT2D eigenvalue weighted by molar-refractivity contribution is 0.534. The molecule has 57 heavy (non-hydrogen) atoms. The fourth-order valence-corrected chi connectivity index (χ4v) is 6.50. The molecule has 298 valence electrons. The van der Waals surface area contributed by atoms with Gasteiger partial charge in [-0.2, -0.15) is 11.3 Å². The molecule has 0 spiro atoms. The average molecular weight is 798 g/mol. The van der Waals surface area contributed by atoms with Crippen molar-refractivity contribution in [3.05, 3.63) is 199 Å². The van der Waals surface area contributed by atoms with Crippen LogP contribution in [0.25, 0.3) is 21.8 Å². The van der Waals surface area contributed by atoms with E-state index >= 15 is 0 Å². The Kier molecular flexibility index (Phi) is 19.5. The van der Waals surface area contributed by atoms with E-state index < -0.39 is 0 Å². The van der Waals surface area contributed by atoms with Crippen molar-refractivity contribution in [2.75, 3.05) is 0 Å². The van der Waals surface area contributed by atoms with Crippen LogP contribution in [0.15, 0.2) is 147 Å². The van der Waals surface area contributed by atoms with E-state index in [2.05, 4.69) is 154 Å². The zero-order chi connectivity index (χ0) is 41.7. The van der Waals surface area contributed by atoms with Crippen LogP contribution in [0, 0.1) is 76.2 Å². The zero-order valence-electron chi connectivity index (χ0n) is 35.8. The number of fused-ring (bicyclic) bond motifs is 3. The third-order valence-corrected chi connectivity index (χ3v) is 10.8. The second kappa shape index (κ2) is 24.2. The number of furan rings is 2. The largest absolute Gasteiger partial charge is 0.472 e. The number of thiophene rings is 2. The lowest BCUT2D eigenvalue weighted by Gasteiger charge is -1.99. The third-order valence-electron chi connectivity index (χ3n) is 9.25. The van der Waals surface area contributed by atoms with E-state index in [-0.39, 0.29) is 0 Å². The molecule has 0 aliphatic carbocycles. The van der Waals surface area contributed by atoms with Gasteiger partial charge in [0.25, 0.3) is 0 Å². The molecule has 9 rings (SSSR count). The third kappa shape index (κ3) is 15.5. The summed E-state index contributed by atoms with van der Waals surface area (Å²) in [5.74, 6) is 0.968. The molecule has 0 bridgehead atoms. The minimum absolute atomic E-state index is 0.968. The van der Waals surface area contributed by atoms with Crippen molar-refractivity contribution in [1.29, 1.82) is 0 Å². The van der Waals surface area contributed by atoms with Gasteiger partial charge >= 0.3 is 0 Å². The van der Waals surface area contributed by atoms with Gasteiger partial charge < -0.3 is 13.4 Å². The molecule has 0 saturated heterocycles. The summed E-state index contributed by atoms with van der Waals surface area (Å²) in [7, 11) is 2.13. The van der Waals surface area contributed by atoms with Gasteiger partial charge in [-0.1, -0.05) is 36.4 Å². The highest BCUT2D eigenvalue weighted by molar-refractivity contribution is 7.09. The van der Waals surface area contributed by atoms with E-state index in [1.54, 1.807) is 41.5 Å². The normalized spacial score (nSPS) is 9.75. The van der Waals surface area contributed by atoms with Crippen LogP contribution in [0.2, 0.25) is 0 Å². The summed E-state index contributed by atoms with van der Waals surface area (Å²) >= 11 is 3.52. The number of rotatable bonds is 0. The highest BCUT2D eigenvalue weighted by Gasteiger charge is 2.08. The number of benzene rings is 2. The van der Waals surface area contributed by atoms with Crippen molar-refractivity contribution in [2.45, 2.75) is 76.2 Å². The van der Waals surface area contributed by atoms with Crippen molar-refractivity contribution in [2.24, 2.45) is 7.05 Å². The zero-order valence-corrected chi connectivity index (χ0v) is 37.4. The first-order valence-electron chi connectivity index (χ1n) is 19.0. The van der Waals surface area contributed by atoms with Crippen LogP contribution in [-0.2, 0) is 7.05 Å². The van der Waals surface area contributed by atoms with E-state index in [0.29, 0.717) is 0 Å². The summed E-state index contributed by atoms with van der Waals surface area (Å²) in [6.07, 6.45) is 10.7. The summed E-state index contributed by atoms with van der Waals surface area (Å²) in [4.78, 5) is 9.57. The smallest absolute Gasteiger partial charge is 0.100 e. The van der Waals surface area contributed by atoms with Crippen LogP contribution in [0.1, 0.15) is 60.8 Å². The number of hydrogen-bond donors (Lipinski definition) is 0. The van der Waals surface area contributed by atoms with Gasteiger partial charge in [0.15, 0.2) is 0 Å². The Bertz CT molecular complexity index is 2200. The molecule has 0 atom stereocenters. The van der Waals surface area contributed by atoms with Crippen molar-refractivity contribution < 1.29 is 8.83 Å². The maximum absolute atomic E-state index is 4.83. The summed E-state index contributed by atoms with van der Waals surface area (Å²) in [6, 6.07) is 29.0. The Morgan fingerprint density at radius 3 is 1.72 bits per heavy atom. The molecule has 5 nitrogen and oxygen atoms in total. The van der Waals surface area contributed by atoms with Crippen molar-refractivity contribution in [3.63, 3.8) is 0 Å². The van der Waals surface area contributed by atoms with E-state index in [1.165, 1.54) is 71.2 Å². The first-order chi connectivity index (χ1) is 27.3. The molecule has 0 aliphatic heterocycles. The van der Waals surface area contributed by atoms with Crippen molar-refractivity contribution >= 4 is 44.5 Å². The SMILES string of the molecule is Cc1cccc2c1c1ccccc1n2C.Cc1ccco1.Cc1cccs1.Cc1ccnc(C)c1C.Cc1ccoc1.Cc1ccsc1.Cc1cncc(C)c1C. The van der Waals surface area contributed by atoms with Gasteiger partial charge in [0.2, 0.25) is 0 Å². The average Bonchev–Trinajstić information content (AvgIpc) is 4.07. The van der Waals surface area contributed by atoms with Gasteiger partial charge in [-0.25, -0.2) is 0 Å². The Balaban J connectivity index is 0.000000184. The first kappa shape index (κ1) is 45.9. The van der Waals surface area contributed by atoms with Crippen molar-refractivity contribution in [3.8, 4) is 0 Å². The fraction of sp³-hybridized carbons (Fsp3) is 0.240. The topological polar surface area (TPSA) is 57.0 Å². The number of aromatic nitrogens is 3. The minimum Gasteiger partial charge on any atom is -0.472 e. The molecule has 0 fully saturated rings. The molecule has 0 saturated carbocycles. The van der Waals surface area contributed by atoms with Gasteiger partial charge in [-0.05, 0) is 185 Å². The van der Waals surface area contributed by atoms with Crippen LogP contribution >= 0.6 is 22.7 Å². The van der Waals surface area contributed by atoms with Crippen LogP contribution < -0.4 is 0 Å². The molecule has 7 heteroatoms. The summed E-state index contributed by atoms with van der Waals surface area (Å²) in [5, 5.41) is 9.02. The highest BCUT2D eigenvalue weighted by Crippen LogP contribution is 2.30. The van der Waals surface area contributed by atoms with Gasteiger partial charge in [-0.15, -0.1) is 11.3 Å². The van der Waals surface area contributed by atoms with Gasteiger partial charge in [0.05, 0.1) is 18.8 Å². The molecule has 7 aromatic heterocycles. The maximum Gasteiger partial charge on any atom is 0.100 e. The van der Waals surface area contributed by atoms with Gasteiger partial charge in [-0.3, -0.25) is 9.97 Å². The van der Waals surface area contributed by atoms with Gasteiger partial charge in [0.1, 0.15) is 5.76 Å². The minimum atomic E-state index is 0.968. The molecule has 7 heterocycles. The number of hydrogen-bond acceptors (Lipinski definition) is 6. The molecule has 9 aromatic rings. The Hall–Kier alpha value is -5.50. The van der Waals surface area contributed by atoms with Gasteiger partial charge in [0, 0.05) is 58.0 Å². The Morgan fingerprint density at radius 2 is 1.30 bits per heavy atom. The lowest BCUT2D eigenvalue weighted by atomic mass is 10.1. The summed E-state index contributed by atoms with van der Waals surface area (Å²) < 4.78 is 11.8. The predicted octanol–water partition coefficient (Wildman–Crippen LogP) is 14.9. The molecule has 0 aliphatic rings. The molecule has 0 radical (unpaired) electrons. The molecular weight excluding hydrogens is 739 g/mol. The maximum atomic E-state index is 4.83. The predicted molar refractivity (Wildman–Crippen MR) is 247 cm³/mol. The standard InChI is InChI=1S/C14H13N.2C8H11N.2C5H6O.2C5H6S/c1-10-6-5-9-13-14(10)11-7-3-4-8-12(11)15(13)2;1-6-4-9-5-7(2)8(6)3;1-6-4-5-9-8(3)7(6)2;1-5-2-3-6-4-5;1-5-3-2-4-6-5;1-5-2-3-6-4-5;1-5-3-2-4-6-5/h3-9H,1-2H3;2*4-5H,1-3H3;4*2-4H,1H3. The number of aryl methyl sites for hydroxylation is 10. The van der Waals surface area contributed by atoms with Crippen molar-refractivity contribution in [1.82, 2.24) is 14.5 Å². The molecule has 0 unspecified atom stereocenters. The van der Waals surface area contributed by atoms with Crippen LogP contribution in [0.5, 0.6) is 0 Å². The highest BCUT2D eigenvalue weighted by atomic mass is 32.1. The molecule has 0 amide bonds. The van der Waals surface area contributed by atoms with Crippen LogP contribution in [0.4, 0.5) is 0 Å². The molecular formula is C50H59N3O2S2.